The van der Waals surface area contributed by atoms with Gasteiger partial charge in [-0.1, -0.05) is 30.3 Å². The van der Waals surface area contributed by atoms with Crippen LogP contribution in [0, 0.1) is 0 Å². The lowest BCUT2D eigenvalue weighted by atomic mass is 9.95. The summed E-state index contributed by atoms with van der Waals surface area (Å²) in [6, 6.07) is 26.5. The molecule has 1 aliphatic carbocycles. The van der Waals surface area contributed by atoms with Crippen molar-refractivity contribution in [3.63, 3.8) is 0 Å². The number of ether oxygens (including phenoxy) is 2. The maximum atomic E-state index is 13.6. The number of fused-ring (bicyclic) bond motifs is 1. The first-order valence-corrected chi connectivity index (χ1v) is 18.4. The summed E-state index contributed by atoms with van der Waals surface area (Å²) in [6.07, 6.45) is 5.20. The van der Waals surface area contributed by atoms with Gasteiger partial charge in [0.1, 0.15) is 28.0 Å². The molecule has 0 saturated carbocycles. The maximum Gasteiger partial charge on any atom is 0.341 e. The summed E-state index contributed by atoms with van der Waals surface area (Å²) in [6.45, 7) is 1.79. The molecule has 3 N–H and O–H groups in total. The van der Waals surface area contributed by atoms with Gasteiger partial charge in [-0.05, 0) is 98.8 Å². The minimum Gasteiger partial charge on any atom is -0.496 e. The summed E-state index contributed by atoms with van der Waals surface area (Å²) in [5.74, 6) is -0.180. The first-order valence-electron chi connectivity index (χ1n) is 16.7. The largest absolute Gasteiger partial charge is 0.496 e. The molecule has 0 bridgehead atoms. The molecule has 3 aromatic carbocycles. The van der Waals surface area contributed by atoms with Crippen molar-refractivity contribution in [1.29, 1.82) is 0 Å². The number of methoxy groups -OCH3 is 2. The van der Waals surface area contributed by atoms with Gasteiger partial charge in [0, 0.05) is 27.1 Å². The van der Waals surface area contributed by atoms with Crippen molar-refractivity contribution >= 4 is 63.6 Å². The van der Waals surface area contributed by atoms with Crippen LogP contribution in [0.15, 0.2) is 106 Å². The predicted octanol–water partition coefficient (Wildman–Crippen LogP) is 8.21. The highest BCUT2D eigenvalue weighted by atomic mass is 32.2. The molecule has 2 heterocycles. The van der Waals surface area contributed by atoms with Crippen LogP contribution in [0.1, 0.15) is 56.7 Å². The molecule has 1 unspecified atom stereocenters. The van der Waals surface area contributed by atoms with Crippen LogP contribution in [0.3, 0.4) is 0 Å². The SMILES string of the molecule is COC(=O)c1c(NC(=O)C(C)Sc2ccc(NC(=O)C(=Cc3ccc(-c4ccccc4OC)o3)NC(=O)c3ccccc3)cc2)sc2c1CCCC2. The number of thioether (sulfide) groups is 1. The lowest BCUT2D eigenvalue weighted by Gasteiger charge is -2.14. The van der Waals surface area contributed by atoms with E-state index in [1.165, 1.54) is 36.3 Å². The average Bonchev–Trinajstić information content (AvgIpc) is 3.79. The van der Waals surface area contributed by atoms with Crippen LogP contribution >= 0.6 is 23.1 Å². The van der Waals surface area contributed by atoms with Crippen molar-refractivity contribution in [2.45, 2.75) is 42.8 Å². The van der Waals surface area contributed by atoms with Crippen LogP contribution in [0.5, 0.6) is 5.75 Å². The van der Waals surface area contributed by atoms with E-state index in [9.17, 15) is 19.2 Å². The van der Waals surface area contributed by atoms with Gasteiger partial charge in [0.25, 0.3) is 11.8 Å². The molecule has 12 heteroatoms. The fourth-order valence-corrected chi connectivity index (χ4v) is 7.91. The number of rotatable bonds is 12. The van der Waals surface area contributed by atoms with Gasteiger partial charge in [0.2, 0.25) is 5.91 Å². The normalized spacial score (nSPS) is 13.0. The van der Waals surface area contributed by atoms with Gasteiger partial charge in [-0.3, -0.25) is 14.4 Å². The number of thiophene rings is 1. The molecule has 5 aromatic rings. The molecule has 0 fully saturated rings. The molecule has 2 aromatic heterocycles. The van der Waals surface area contributed by atoms with Crippen LogP contribution in [0.25, 0.3) is 17.4 Å². The monoisotopic (exact) mass is 735 g/mol. The number of aryl methyl sites for hydroxylation is 1. The third-order valence-electron chi connectivity index (χ3n) is 8.41. The van der Waals surface area contributed by atoms with E-state index in [1.54, 1.807) is 80.8 Å². The van der Waals surface area contributed by atoms with E-state index in [4.69, 9.17) is 13.9 Å². The van der Waals surface area contributed by atoms with E-state index >= 15 is 0 Å². The van der Waals surface area contributed by atoms with Gasteiger partial charge in [-0.25, -0.2) is 4.79 Å². The zero-order chi connectivity index (χ0) is 36.6. The molecule has 0 aliphatic heterocycles. The fourth-order valence-electron chi connectivity index (χ4n) is 5.77. The number of para-hydroxylation sites is 1. The van der Waals surface area contributed by atoms with Gasteiger partial charge in [-0.2, -0.15) is 0 Å². The van der Waals surface area contributed by atoms with Crippen molar-refractivity contribution < 1.29 is 33.1 Å². The lowest BCUT2D eigenvalue weighted by molar-refractivity contribution is -0.115. The molecule has 0 radical (unpaired) electrons. The van der Waals surface area contributed by atoms with E-state index < -0.39 is 23.0 Å². The number of esters is 1. The number of hydrogen-bond donors (Lipinski definition) is 3. The molecule has 0 spiro atoms. The van der Waals surface area contributed by atoms with Crippen LogP contribution in [-0.2, 0) is 27.2 Å². The Morgan fingerprint density at radius 3 is 2.35 bits per heavy atom. The first kappa shape index (κ1) is 36.2. The smallest absolute Gasteiger partial charge is 0.341 e. The predicted molar refractivity (Wildman–Crippen MR) is 204 cm³/mol. The second-order valence-corrected chi connectivity index (χ2v) is 14.4. The third-order valence-corrected chi connectivity index (χ3v) is 10.7. The van der Waals surface area contributed by atoms with E-state index in [0.717, 1.165) is 46.6 Å². The van der Waals surface area contributed by atoms with Crippen molar-refractivity contribution in [2.24, 2.45) is 0 Å². The minimum absolute atomic E-state index is 0.0277. The second kappa shape index (κ2) is 16.6. The molecule has 1 aliphatic rings. The Morgan fingerprint density at radius 1 is 0.865 bits per heavy atom. The molecule has 52 heavy (non-hydrogen) atoms. The van der Waals surface area contributed by atoms with E-state index in [1.807, 2.05) is 24.3 Å². The second-order valence-electron chi connectivity index (χ2n) is 11.9. The molecule has 1 atom stereocenters. The summed E-state index contributed by atoms with van der Waals surface area (Å²) in [5, 5.41) is 8.57. The number of nitrogens with one attached hydrogen (secondary N) is 3. The van der Waals surface area contributed by atoms with Crippen LogP contribution in [0.4, 0.5) is 10.7 Å². The Kier molecular flexibility index (Phi) is 11.6. The summed E-state index contributed by atoms with van der Waals surface area (Å²) >= 11 is 2.79. The lowest BCUT2D eigenvalue weighted by Crippen LogP contribution is -2.30. The number of benzene rings is 3. The molecule has 6 rings (SSSR count). The van der Waals surface area contributed by atoms with E-state index in [2.05, 4.69) is 16.0 Å². The molecule has 10 nitrogen and oxygen atoms in total. The first-order chi connectivity index (χ1) is 25.2. The third kappa shape index (κ3) is 8.47. The van der Waals surface area contributed by atoms with E-state index in [0.29, 0.717) is 39.1 Å². The number of amides is 3. The number of carbonyl (C=O) groups excluding carboxylic acids is 4. The fraction of sp³-hybridized carbons (Fsp3) is 0.200. The highest BCUT2D eigenvalue weighted by molar-refractivity contribution is 8.00. The Balaban J connectivity index is 1.15. The summed E-state index contributed by atoms with van der Waals surface area (Å²) in [4.78, 5) is 54.5. The number of hydrogen-bond acceptors (Lipinski definition) is 9. The zero-order valence-electron chi connectivity index (χ0n) is 28.8. The Labute approximate surface area is 309 Å². The van der Waals surface area contributed by atoms with Crippen molar-refractivity contribution in [3.8, 4) is 17.1 Å². The summed E-state index contributed by atoms with van der Waals surface area (Å²) in [7, 11) is 2.93. The van der Waals surface area contributed by atoms with Crippen LogP contribution < -0.4 is 20.7 Å². The van der Waals surface area contributed by atoms with E-state index in [-0.39, 0.29) is 11.6 Å². The standard InChI is InChI=1S/C40H37N3O7S2/c1-24(36(44)43-39-35(40(47)49-3)30-14-8-10-16-34(30)52-39)51-28-20-17-26(18-21-28)41-38(46)31(42-37(45)25-11-5-4-6-12-25)23-27-19-22-33(50-27)29-13-7-9-15-32(29)48-2/h4-7,9,11-13,15,17-24H,8,10,14,16H2,1-3H3,(H,41,46)(H,42,45)(H,43,44). The highest BCUT2D eigenvalue weighted by Gasteiger charge is 2.28. The number of furan rings is 1. The topological polar surface area (TPSA) is 136 Å². The molecular formula is C40H37N3O7S2. The van der Waals surface area contributed by atoms with Crippen LogP contribution in [-0.4, -0.2) is 43.2 Å². The van der Waals surface area contributed by atoms with Crippen molar-refractivity contribution in [1.82, 2.24) is 5.32 Å². The van der Waals surface area contributed by atoms with Gasteiger partial charge >= 0.3 is 5.97 Å². The Bertz CT molecular complexity index is 2120. The average molecular weight is 736 g/mol. The Hall–Kier alpha value is -5.59. The van der Waals surface area contributed by atoms with Crippen LogP contribution in [0.2, 0.25) is 0 Å². The van der Waals surface area contributed by atoms with Gasteiger partial charge < -0.3 is 29.8 Å². The quantitative estimate of drug-likeness (QED) is 0.0663. The summed E-state index contributed by atoms with van der Waals surface area (Å²) in [5.41, 5.74) is 3.02. The molecule has 266 valence electrons. The maximum absolute atomic E-state index is 13.6. The van der Waals surface area contributed by atoms with Gasteiger partial charge in [0.15, 0.2) is 0 Å². The molecule has 0 saturated heterocycles. The molecular weight excluding hydrogens is 699 g/mol. The van der Waals surface area contributed by atoms with Crippen molar-refractivity contribution in [2.75, 3.05) is 24.9 Å². The highest BCUT2D eigenvalue weighted by Crippen LogP contribution is 2.39. The zero-order valence-corrected chi connectivity index (χ0v) is 30.5. The van der Waals surface area contributed by atoms with Gasteiger partial charge in [-0.15, -0.1) is 23.1 Å². The van der Waals surface area contributed by atoms with Gasteiger partial charge in [0.05, 0.1) is 30.6 Å². The minimum atomic E-state index is -0.562. The number of anilines is 2. The number of carbonyl (C=O) groups is 4. The summed E-state index contributed by atoms with van der Waals surface area (Å²) < 4.78 is 16.5. The Morgan fingerprint density at radius 2 is 1.60 bits per heavy atom. The van der Waals surface area contributed by atoms with Crippen molar-refractivity contribution in [3.05, 3.63) is 124 Å². The molecule has 3 amide bonds.